The van der Waals surface area contributed by atoms with E-state index in [1.807, 2.05) is 23.1 Å². The van der Waals surface area contributed by atoms with Crippen LogP contribution in [0.15, 0.2) is 18.2 Å². The van der Waals surface area contributed by atoms with Crippen molar-refractivity contribution < 1.29 is 4.79 Å². The van der Waals surface area contributed by atoms with Gasteiger partial charge >= 0.3 is 0 Å². The first kappa shape index (κ1) is 11.4. The number of fused-ring (bicyclic) bond motifs is 2. The molecule has 2 nitrogen and oxygen atoms in total. The van der Waals surface area contributed by atoms with Crippen LogP contribution in [0, 0.1) is 5.92 Å². The Morgan fingerprint density at radius 2 is 1.94 bits per heavy atom. The summed E-state index contributed by atoms with van der Waals surface area (Å²) in [7, 11) is 0. The number of halogens is 2. The maximum atomic E-state index is 12.0. The molecule has 0 aromatic heterocycles. The van der Waals surface area contributed by atoms with E-state index in [4.69, 9.17) is 23.2 Å². The summed E-state index contributed by atoms with van der Waals surface area (Å²) in [6.45, 7) is 0.554. The van der Waals surface area contributed by atoms with Crippen LogP contribution in [0.3, 0.4) is 0 Å². The fraction of sp³-hybridized carbons (Fsp3) is 0.462. The van der Waals surface area contributed by atoms with Crippen LogP contribution in [0.4, 0.5) is 0 Å². The number of benzene rings is 1. The summed E-state index contributed by atoms with van der Waals surface area (Å²) in [6, 6.07) is 5.87. The Balaban J connectivity index is 1.86. The molecule has 1 heterocycles. The lowest BCUT2D eigenvalue weighted by molar-refractivity contribution is -0.134. The molecular weight excluding hydrogens is 257 g/mol. The molecule has 1 saturated carbocycles. The number of amides is 1. The maximum absolute atomic E-state index is 12.0. The fourth-order valence-electron chi connectivity index (χ4n) is 2.94. The quantitative estimate of drug-likeness (QED) is 0.805. The molecule has 2 bridgehead atoms. The summed E-state index contributed by atoms with van der Waals surface area (Å²) in [5, 5.41) is 1.29. The second-order valence-corrected chi connectivity index (χ2v) is 5.64. The first-order chi connectivity index (χ1) is 8.16. The number of rotatable bonds is 2. The molecule has 17 heavy (non-hydrogen) atoms. The zero-order valence-corrected chi connectivity index (χ0v) is 10.8. The average molecular weight is 270 g/mol. The smallest absolute Gasteiger partial charge is 0.226 e. The van der Waals surface area contributed by atoms with Crippen molar-refractivity contribution in [2.75, 3.05) is 0 Å². The minimum atomic E-state index is 0.251. The number of hydrogen-bond acceptors (Lipinski definition) is 1. The first-order valence-corrected chi connectivity index (χ1v) is 6.66. The van der Waals surface area contributed by atoms with Crippen molar-refractivity contribution in [3.63, 3.8) is 0 Å². The van der Waals surface area contributed by atoms with Gasteiger partial charge in [-0.2, -0.15) is 0 Å². The summed E-state index contributed by atoms with van der Waals surface area (Å²) >= 11 is 12.3. The van der Waals surface area contributed by atoms with E-state index in [1.165, 1.54) is 0 Å². The van der Waals surface area contributed by atoms with Gasteiger partial charge in [-0.15, -0.1) is 0 Å². The Hall–Kier alpha value is -0.730. The summed E-state index contributed by atoms with van der Waals surface area (Å²) < 4.78 is 0. The summed E-state index contributed by atoms with van der Waals surface area (Å²) in [4.78, 5) is 14.0. The van der Waals surface area contributed by atoms with E-state index in [9.17, 15) is 4.79 Å². The van der Waals surface area contributed by atoms with Crippen molar-refractivity contribution in [1.29, 1.82) is 0 Å². The van der Waals surface area contributed by atoms with E-state index in [0.717, 1.165) is 24.8 Å². The molecule has 2 aliphatic rings. The fourth-order valence-corrected chi connectivity index (χ4v) is 3.46. The average Bonchev–Trinajstić information content (AvgIpc) is 2.86. The zero-order valence-electron chi connectivity index (χ0n) is 9.33. The van der Waals surface area contributed by atoms with Gasteiger partial charge in [0.05, 0.1) is 0 Å². The molecule has 1 aliphatic heterocycles. The lowest BCUT2D eigenvalue weighted by Gasteiger charge is -2.27. The third kappa shape index (κ3) is 1.84. The molecule has 0 spiro atoms. The van der Waals surface area contributed by atoms with Crippen LogP contribution in [0.5, 0.6) is 0 Å². The van der Waals surface area contributed by atoms with Gasteiger partial charge in [0, 0.05) is 34.1 Å². The van der Waals surface area contributed by atoms with Gasteiger partial charge in [0.1, 0.15) is 0 Å². The number of carbonyl (C=O) groups is 1. The molecule has 90 valence electrons. The normalized spacial score (nSPS) is 26.9. The minimum Gasteiger partial charge on any atom is -0.335 e. The molecule has 0 N–H and O–H groups in total. The number of hydrogen-bond donors (Lipinski definition) is 0. The Morgan fingerprint density at radius 3 is 2.53 bits per heavy atom. The second kappa shape index (κ2) is 4.18. The Kier molecular flexibility index (Phi) is 2.80. The van der Waals surface area contributed by atoms with Gasteiger partial charge in [-0.05, 0) is 31.4 Å². The Bertz CT molecular complexity index is 454. The highest BCUT2D eigenvalue weighted by Gasteiger charge is 2.44. The van der Waals surface area contributed by atoms with E-state index >= 15 is 0 Å². The van der Waals surface area contributed by atoms with E-state index < -0.39 is 0 Å². The summed E-state index contributed by atoms with van der Waals surface area (Å²) in [5.41, 5.74) is 0.872. The van der Waals surface area contributed by atoms with Crippen molar-refractivity contribution in [2.45, 2.75) is 31.8 Å². The van der Waals surface area contributed by atoms with Crippen LogP contribution < -0.4 is 0 Å². The van der Waals surface area contributed by atoms with Crippen molar-refractivity contribution in [1.82, 2.24) is 4.90 Å². The number of nitrogens with zero attached hydrogens (tertiary/aromatic N) is 1. The second-order valence-electron chi connectivity index (χ2n) is 4.83. The Morgan fingerprint density at radius 1 is 1.24 bits per heavy atom. The molecule has 1 aliphatic carbocycles. The van der Waals surface area contributed by atoms with Crippen molar-refractivity contribution in [3.8, 4) is 0 Å². The van der Waals surface area contributed by atoms with E-state index in [0.29, 0.717) is 22.6 Å². The largest absolute Gasteiger partial charge is 0.335 e. The molecule has 0 radical (unpaired) electrons. The van der Waals surface area contributed by atoms with Gasteiger partial charge in [-0.1, -0.05) is 29.3 Å². The molecule has 2 unspecified atom stereocenters. The summed E-state index contributed by atoms with van der Waals surface area (Å²) in [6.07, 6.45) is 3.19. The monoisotopic (exact) mass is 269 g/mol. The van der Waals surface area contributed by atoms with Gasteiger partial charge in [-0.25, -0.2) is 0 Å². The molecule has 4 heteroatoms. The van der Waals surface area contributed by atoms with Gasteiger partial charge in [0.15, 0.2) is 0 Å². The van der Waals surface area contributed by atoms with Crippen LogP contribution in [0.25, 0.3) is 0 Å². The van der Waals surface area contributed by atoms with E-state index in [1.54, 1.807) is 0 Å². The predicted octanol–water partition coefficient (Wildman–Crippen LogP) is 3.50. The molecular formula is C13H13Cl2NO. The number of likely N-dealkylation sites (tertiary alicyclic amines) is 1. The maximum Gasteiger partial charge on any atom is 0.226 e. The lowest BCUT2D eigenvalue weighted by atomic mass is 10.1. The highest BCUT2D eigenvalue weighted by molar-refractivity contribution is 6.36. The van der Waals surface area contributed by atoms with Crippen molar-refractivity contribution >= 4 is 29.1 Å². The van der Waals surface area contributed by atoms with Gasteiger partial charge in [0.2, 0.25) is 5.91 Å². The van der Waals surface area contributed by atoms with Crippen LogP contribution >= 0.6 is 23.2 Å². The van der Waals surface area contributed by atoms with Gasteiger partial charge in [-0.3, -0.25) is 4.79 Å². The first-order valence-electron chi connectivity index (χ1n) is 5.90. The number of piperidine rings is 1. The van der Waals surface area contributed by atoms with Crippen molar-refractivity contribution in [2.24, 2.45) is 5.92 Å². The zero-order chi connectivity index (χ0) is 12.0. The topological polar surface area (TPSA) is 20.3 Å². The lowest BCUT2D eigenvalue weighted by Crippen LogP contribution is -2.36. The van der Waals surface area contributed by atoms with Crippen LogP contribution in [0.1, 0.15) is 24.8 Å². The molecule has 1 aromatic carbocycles. The van der Waals surface area contributed by atoms with Crippen LogP contribution in [0.2, 0.25) is 10.0 Å². The Labute approximate surface area is 111 Å². The molecule has 1 saturated heterocycles. The SMILES string of the molecule is O=C1C2CCC(C2)N1Cc1c(Cl)cccc1Cl. The van der Waals surface area contributed by atoms with Gasteiger partial charge in [0.25, 0.3) is 0 Å². The molecule has 3 rings (SSSR count). The highest BCUT2D eigenvalue weighted by atomic mass is 35.5. The molecule has 1 aromatic rings. The molecule has 1 amide bonds. The standard InChI is InChI=1S/C13H13Cl2NO/c14-11-2-1-3-12(15)10(11)7-16-9-5-4-8(6-9)13(16)17/h1-3,8-9H,4-7H2. The highest BCUT2D eigenvalue weighted by Crippen LogP contribution is 2.40. The third-order valence-electron chi connectivity index (χ3n) is 3.87. The summed E-state index contributed by atoms with van der Waals surface area (Å²) in [5.74, 6) is 0.526. The van der Waals surface area contributed by atoms with E-state index in [-0.39, 0.29) is 11.8 Å². The van der Waals surface area contributed by atoms with Crippen LogP contribution in [-0.4, -0.2) is 16.8 Å². The van der Waals surface area contributed by atoms with Gasteiger partial charge < -0.3 is 4.90 Å². The molecule has 2 atom stereocenters. The molecule has 2 fully saturated rings. The minimum absolute atomic E-state index is 0.251. The van der Waals surface area contributed by atoms with Crippen molar-refractivity contribution in [3.05, 3.63) is 33.8 Å². The van der Waals surface area contributed by atoms with Crippen LogP contribution in [-0.2, 0) is 11.3 Å². The predicted molar refractivity (Wildman–Crippen MR) is 68.1 cm³/mol. The third-order valence-corrected chi connectivity index (χ3v) is 4.58. The van der Waals surface area contributed by atoms with E-state index in [2.05, 4.69) is 0 Å². The number of carbonyl (C=O) groups excluding carboxylic acids is 1.